The first kappa shape index (κ1) is 18.8. The maximum Gasteiger partial charge on any atom is 0.280 e. The molecule has 4 aromatic heterocycles. The Morgan fingerprint density at radius 1 is 1.03 bits per heavy atom. The predicted molar refractivity (Wildman–Crippen MR) is 125 cm³/mol. The minimum absolute atomic E-state index is 0.188. The number of pyridine rings is 1. The zero-order valence-electron chi connectivity index (χ0n) is 16.9. The molecule has 0 aliphatic carbocycles. The summed E-state index contributed by atoms with van der Waals surface area (Å²) in [5.41, 5.74) is 5.38. The zero-order chi connectivity index (χ0) is 21.7. The molecule has 0 spiro atoms. The number of hydrogen-bond acceptors (Lipinski definition) is 4. The lowest BCUT2D eigenvalue weighted by Crippen LogP contribution is -2.22. The van der Waals surface area contributed by atoms with Gasteiger partial charge in [0, 0.05) is 40.4 Å². The van der Waals surface area contributed by atoms with Crippen LogP contribution < -0.4 is 5.56 Å². The summed E-state index contributed by atoms with van der Waals surface area (Å²) in [5.74, 6) is 0. The molecule has 0 saturated heterocycles. The largest absolute Gasteiger partial charge is 0.361 e. The summed E-state index contributed by atoms with van der Waals surface area (Å²) in [4.78, 5) is 16.4. The summed E-state index contributed by atoms with van der Waals surface area (Å²) in [7, 11) is 0. The Labute approximate surface area is 186 Å². The van der Waals surface area contributed by atoms with Crippen molar-refractivity contribution in [2.45, 2.75) is 13.0 Å². The number of aromatic nitrogens is 6. The molecular formula is C24H17ClN6O. The molecule has 0 aliphatic heterocycles. The first-order valence-corrected chi connectivity index (χ1v) is 10.6. The number of rotatable bonds is 4. The van der Waals surface area contributed by atoms with Crippen LogP contribution in [0.25, 0.3) is 38.7 Å². The van der Waals surface area contributed by atoms with Crippen molar-refractivity contribution in [2.24, 2.45) is 0 Å². The number of nitrogens with zero attached hydrogens (tertiary/aromatic N) is 5. The molecular weight excluding hydrogens is 424 g/mol. The fourth-order valence-electron chi connectivity index (χ4n) is 4.13. The number of aromatic amines is 1. The van der Waals surface area contributed by atoms with E-state index in [9.17, 15) is 4.79 Å². The molecule has 1 N–H and O–H groups in total. The molecule has 32 heavy (non-hydrogen) atoms. The van der Waals surface area contributed by atoms with E-state index in [0.717, 1.165) is 27.6 Å². The Kier molecular flexibility index (Phi) is 4.29. The summed E-state index contributed by atoms with van der Waals surface area (Å²) in [6.07, 6.45) is 6.19. The molecule has 7 nitrogen and oxygen atoms in total. The lowest BCUT2D eigenvalue weighted by Gasteiger charge is -2.07. The SMILES string of the molecule is O=c1c2nnc3c(-c4ccccc4)cnn3c2ccn1CCc1c[nH]c2ccc(Cl)cc12. The van der Waals surface area contributed by atoms with Crippen LogP contribution in [0.4, 0.5) is 0 Å². The Morgan fingerprint density at radius 2 is 1.91 bits per heavy atom. The van der Waals surface area contributed by atoms with Crippen molar-refractivity contribution in [3.8, 4) is 11.1 Å². The van der Waals surface area contributed by atoms with Gasteiger partial charge < -0.3 is 9.55 Å². The van der Waals surface area contributed by atoms with Crippen molar-refractivity contribution in [1.29, 1.82) is 0 Å². The average molecular weight is 441 g/mol. The van der Waals surface area contributed by atoms with Crippen LogP contribution in [0.15, 0.2) is 78.0 Å². The van der Waals surface area contributed by atoms with Gasteiger partial charge in [-0.05, 0) is 41.8 Å². The third-order valence-corrected chi connectivity index (χ3v) is 6.01. The monoisotopic (exact) mass is 440 g/mol. The van der Waals surface area contributed by atoms with Crippen molar-refractivity contribution >= 4 is 39.2 Å². The Morgan fingerprint density at radius 3 is 2.78 bits per heavy atom. The quantitative estimate of drug-likeness (QED) is 0.438. The van der Waals surface area contributed by atoms with Gasteiger partial charge in [-0.2, -0.15) is 5.10 Å². The van der Waals surface area contributed by atoms with Crippen LogP contribution >= 0.6 is 11.6 Å². The normalized spacial score (nSPS) is 11.7. The molecule has 0 bridgehead atoms. The van der Waals surface area contributed by atoms with Crippen LogP contribution in [0, 0.1) is 0 Å². The first-order chi connectivity index (χ1) is 15.7. The van der Waals surface area contributed by atoms with Gasteiger partial charge in [-0.15, -0.1) is 10.2 Å². The topological polar surface area (TPSA) is 80.9 Å². The first-order valence-electron chi connectivity index (χ1n) is 10.2. The van der Waals surface area contributed by atoms with E-state index in [1.807, 2.05) is 60.8 Å². The third-order valence-electron chi connectivity index (χ3n) is 5.77. The van der Waals surface area contributed by atoms with Gasteiger partial charge in [0.1, 0.15) is 5.52 Å². The van der Waals surface area contributed by atoms with E-state index < -0.39 is 0 Å². The standard InChI is InChI=1S/C24H17ClN6O/c25-17-6-7-20-18(12-17)16(13-26-20)8-10-30-11-9-21-22(24(30)32)28-29-23-19(14-27-31(21)23)15-4-2-1-3-5-15/h1-7,9,11-14,26H,8,10H2. The molecule has 6 aromatic rings. The van der Waals surface area contributed by atoms with Gasteiger partial charge in [0.2, 0.25) is 0 Å². The van der Waals surface area contributed by atoms with Crippen molar-refractivity contribution in [3.63, 3.8) is 0 Å². The molecule has 8 heteroatoms. The van der Waals surface area contributed by atoms with E-state index in [2.05, 4.69) is 20.3 Å². The second-order valence-electron chi connectivity index (χ2n) is 7.66. The smallest absolute Gasteiger partial charge is 0.280 e. The van der Waals surface area contributed by atoms with E-state index >= 15 is 0 Å². The number of nitrogens with one attached hydrogen (secondary N) is 1. The number of aryl methyl sites for hydroxylation is 2. The van der Waals surface area contributed by atoms with E-state index in [-0.39, 0.29) is 5.56 Å². The second kappa shape index (κ2) is 7.32. The van der Waals surface area contributed by atoms with E-state index in [0.29, 0.717) is 34.7 Å². The van der Waals surface area contributed by atoms with Crippen molar-refractivity contribution in [3.05, 3.63) is 94.1 Å². The molecule has 0 radical (unpaired) electrons. The Bertz CT molecular complexity index is 1670. The Balaban J connectivity index is 1.37. The van der Waals surface area contributed by atoms with Crippen LogP contribution in [0.5, 0.6) is 0 Å². The summed E-state index contributed by atoms with van der Waals surface area (Å²) in [6.45, 7) is 0.516. The van der Waals surface area contributed by atoms with Crippen molar-refractivity contribution < 1.29 is 0 Å². The van der Waals surface area contributed by atoms with Gasteiger partial charge in [0.05, 0.1) is 6.20 Å². The molecule has 0 fully saturated rings. The molecule has 2 aromatic carbocycles. The van der Waals surface area contributed by atoms with Crippen molar-refractivity contribution in [2.75, 3.05) is 0 Å². The Hall–Kier alpha value is -3.97. The van der Waals surface area contributed by atoms with Crippen LogP contribution in [-0.4, -0.2) is 29.4 Å². The summed E-state index contributed by atoms with van der Waals surface area (Å²) in [5, 5.41) is 14.8. The fourth-order valence-corrected chi connectivity index (χ4v) is 4.30. The van der Waals surface area contributed by atoms with Crippen LogP contribution in [0.3, 0.4) is 0 Å². The molecule has 0 aliphatic rings. The molecule has 6 rings (SSSR count). The minimum atomic E-state index is -0.188. The van der Waals surface area contributed by atoms with Crippen LogP contribution in [-0.2, 0) is 13.0 Å². The molecule has 0 unspecified atom stereocenters. The highest BCUT2D eigenvalue weighted by molar-refractivity contribution is 6.31. The minimum Gasteiger partial charge on any atom is -0.361 e. The molecule has 0 atom stereocenters. The molecule has 0 amide bonds. The second-order valence-corrected chi connectivity index (χ2v) is 8.10. The van der Waals surface area contributed by atoms with Crippen LogP contribution in [0.2, 0.25) is 5.02 Å². The summed E-state index contributed by atoms with van der Waals surface area (Å²) in [6, 6.07) is 17.5. The molecule has 156 valence electrons. The van der Waals surface area contributed by atoms with Gasteiger partial charge in [0.25, 0.3) is 5.56 Å². The zero-order valence-corrected chi connectivity index (χ0v) is 17.6. The van der Waals surface area contributed by atoms with Gasteiger partial charge in [-0.1, -0.05) is 41.9 Å². The molecule has 0 saturated carbocycles. The lowest BCUT2D eigenvalue weighted by atomic mass is 10.1. The fraction of sp³-hybridized carbons (Fsp3) is 0.0833. The summed E-state index contributed by atoms with van der Waals surface area (Å²) >= 11 is 6.15. The third kappa shape index (κ3) is 2.98. The number of benzene rings is 2. The summed E-state index contributed by atoms with van der Waals surface area (Å²) < 4.78 is 3.34. The number of fused-ring (bicyclic) bond motifs is 4. The lowest BCUT2D eigenvalue weighted by molar-refractivity contribution is 0.674. The average Bonchev–Trinajstić information content (AvgIpc) is 3.43. The number of halogens is 1. The van der Waals surface area contributed by atoms with Gasteiger partial charge in [0.15, 0.2) is 11.2 Å². The maximum atomic E-state index is 13.1. The van der Waals surface area contributed by atoms with Gasteiger partial charge >= 0.3 is 0 Å². The number of hydrogen-bond donors (Lipinski definition) is 1. The highest BCUT2D eigenvalue weighted by Crippen LogP contribution is 2.25. The van der Waals surface area contributed by atoms with E-state index in [4.69, 9.17) is 11.6 Å². The van der Waals surface area contributed by atoms with Gasteiger partial charge in [-0.25, -0.2) is 4.52 Å². The maximum absolute atomic E-state index is 13.1. The van der Waals surface area contributed by atoms with Gasteiger partial charge in [-0.3, -0.25) is 4.79 Å². The van der Waals surface area contributed by atoms with E-state index in [1.165, 1.54) is 0 Å². The predicted octanol–water partition coefficient (Wildman–Crippen LogP) is 4.48. The number of H-pyrrole nitrogens is 1. The molecule has 4 heterocycles. The highest BCUT2D eigenvalue weighted by Gasteiger charge is 2.14. The van der Waals surface area contributed by atoms with E-state index in [1.54, 1.807) is 21.5 Å². The van der Waals surface area contributed by atoms with Crippen LogP contribution in [0.1, 0.15) is 5.56 Å². The van der Waals surface area contributed by atoms with Crippen molar-refractivity contribution in [1.82, 2.24) is 29.4 Å². The highest BCUT2D eigenvalue weighted by atomic mass is 35.5.